The normalized spacial score (nSPS) is 8.00. The zero-order valence-corrected chi connectivity index (χ0v) is 10.6. The van der Waals surface area contributed by atoms with Crippen LogP contribution in [0.15, 0.2) is 0 Å². The van der Waals surface area contributed by atoms with Gasteiger partial charge in [0.15, 0.2) is 0 Å². The molecule has 0 fully saturated rings. The third-order valence-electron chi connectivity index (χ3n) is 0.378. The topological polar surface area (TPSA) is 0 Å². The van der Waals surface area contributed by atoms with Crippen molar-refractivity contribution in [2.45, 2.75) is 9.88 Å². The monoisotopic (exact) mass is 310 g/mol. The Morgan fingerprint density at radius 3 is 1.50 bits per heavy atom. The van der Waals surface area contributed by atoms with Crippen LogP contribution in [0.3, 0.4) is 0 Å². The van der Waals surface area contributed by atoms with Crippen molar-refractivity contribution < 1.29 is 14.5 Å². The van der Waals surface area contributed by atoms with Crippen molar-refractivity contribution in [1.29, 1.82) is 0 Å². The van der Waals surface area contributed by atoms with Crippen molar-refractivity contribution in [1.82, 2.24) is 0 Å². The standard InChI is InChI=1S/2CH3.2ClH.Sn.Zr/h2*1H3;2*1H;;/q;;;;;+2/p-2. The summed E-state index contributed by atoms with van der Waals surface area (Å²) in [6.45, 7) is 0. The van der Waals surface area contributed by atoms with Gasteiger partial charge in [-0.1, -0.05) is 0 Å². The fourth-order valence-corrected chi connectivity index (χ4v) is 0. The maximum absolute atomic E-state index is 5.66. The zero-order valence-electron chi connectivity index (χ0n) is 3.76. The van der Waals surface area contributed by atoms with E-state index in [0.29, 0.717) is 0 Å². The van der Waals surface area contributed by atoms with E-state index in [1.807, 2.05) is 0 Å². The molecule has 0 aliphatic carbocycles. The molecule has 0 N–H and O–H groups in total. The van der Waals surface area contributed by atoms with Gasteiger partial charge < -0.3 is 0 Å². The molecule has 0 bridgehead atoms. The van der Waals surface area contributed by atoms with E-state index in [9.17, 15) is 0 Å². The molecule has 36 valence electrons. The molecule has 0 amide bonds. The molecule has 0 spiro atoms. The molecule has 0 atom stereocenters. The minimum absolute atomic E-state index is 0.972. The van der Waals surface area contributed by atoms with Gasteiger partial charge in [-0.25, -0.2) is 0 Å². The molecule has 4 heteroatoms. The van der Waals surface area contributed by atoms with E-state index in [-0.39, 0.29) is 0 Å². The Labute approximate surface area is 55.0 Å². The second kappa shape index (κ2) is 4.17. The van der Waals surface area contributed by atoms with Crippen LogP contribution in [0.25, 0.3) is 0 Å². The third kappa shape index (κ3) is 4.42. The van der Waals surface area contributed by atoms with E-state index in [1.54, 1.807) is 0 Å². The first-order valence-corrected chi connectivity index (χ1v) is 23.3. The van der Waals surface area contributed by atoms with Crippen LogP contribution < -0.4 is 0 Å². The quantitative estimate of drug-likeness (QED) is 0.602. The summed E-state index contributed by atoms with van der Waals surface area (Å²) in [5.41, 5.74) is 0. The van der Waals surface area contributed by atoms with Crippen molar-refractivity contribution in [3.8, 4) is 0 Å². The Morgan fingerprint density at radius 2 is 1.50 bits per heavy atom. The third-order valence-corrected chi connectivity index (χ3v) is 45.0. The molecule has 0 aromatic heterocycles. The first-order chi connectivity index (χ1) is 2.64. The van der Waals surface area contributed by atoms with E-state index < -0.39 is 29.1 Å². The van der Waals surface area contributed by atoms with E-state index >= 15 is 0 Å². The van der Waals surface area contributed by atoms with E-state index in [0.717, 1.165) is 0 Å². The van der Waals surface area contributed by atoms with Gasteiger partial charge in [-0.05, 0) is 0 Å². The van der Waals surface area contributed by atoms with Crippen molar-refractivity contribution in [2.24, 2.45) is 0 Å². The van der Waals surface area contributed by atoms with Crippen molar-refractivity contribution >= 4 is 31.6 Å². The molecule has 0 aromatic carbocycles. The van der Waals surface area contributed by atoms with Gasteiger partial charge in [0.2, 0.25) is 0 Å². The summed E-state index contributed by atoms with van der Waals surface area (Å²) in [5, 5.41) is 0. The number of halogens is 2. The van der Waals surface area contributed by atoms with E-state index in [2.05, 4.69) is 9.88 Å². The summed E-state index contributed by atoms with van der Waals surface area (Å²) < 4.78 is 0. The summed E-state index contributed by atoms with van der Waals surface area (Å²) in [6.07, 6.45) is 0. The Morgan fingerprint density at radius 1 is 1.33 bits per heavy atom. The molecule has 0 aliphatic rings. The Kier molecular flexibility index (Phi) is 5.74. The predicted octanol–water partition coefficient (Wildman–Crippen LogP) is 2.16. The van der Waals surface area contributed by atoms with Crippen LogP contribution in [0.1, 0.15) is 0 Å². The fourth-order valence-electron chi connectivity index (χ4n) is 0. The average molecular weight is 311 g/mol. The Balaban J connectivity index is 3.68. The summed E-state index contributed by atoms with van der Waals surface area (Å²) in [5.74, 6) is 0. The molecule has 0 saturated carbocycles. The summed E-state index contributed by atoms with van der Waals surface area (Å²) in [6, 6.07) is 0. The van der Waals surface area contributed by atoms with Crippen LogP contribution in [-0.4, -0.2) is 14.6 Å². The van der Waals surface area contributed by atoms with Gasteiger partial charge in [0.05, 0.1) is 0 Å². The van der Waals surface area contributed by atoms with Crippen molar-refractivity contribution in [3.05, 3.63) is 0 Å². The molecule has 0 unspecified atom stereocenters. The van der Waals surface area contributed by atoms with Gasteiger partial charge in [0.25, 0.3) is 0 Å². The molecule has 0 nitrogen and oxygen atoms in total. The molecular weight excluding hydrogens is 305 g/mol. The second-order valence-corrected chi connectivity index (χ2v) is 49.5. The maximum atomic E-state index is 5.66. The number of rotatable bonds is 0. The summed E-state index contributed by atoms with van der Waals surface area (Å²) in [7, 11) is 11.3. The second-order valence-electron chi connectivity index (χ2n) is 1.26. The molecule has 0 radical (unpaired) electrons. The number of hydrogen-bond acceptors (Lipinski definition) is 0. The first kappa shape index (κ1) is 8.26. The van der Waals surface area contributed by atoms with Gasteiger partial charge in [0, 0.05) is 0 Å². The van der Waals surface area contributed by atoms with Crippen molar-refractivity contribution in [2.75, 3.05) is 0 Å². The predicted molar refractivity (Wildman–Crippen MR) is 29.2 cm³/mol. The van der Waals surface area contributed by atoms with Crippen LogP contribution in [0, 0.1) is 0 Å². The molecule has 0 aromatic rings. The molecule has 6 heavy (non-hydrogen) atoms. The number of hydrogen-bond donors (Lipinski definition) is 0. The van der Waals surface area contributed by atoms with Gasteiger partial charge in [-0.2, -0.15) is 0 Å². The van der Waals surface area contributed by atoms with Crippen LogP contribution in [0.2, 0.25) is 9.88 Å². The van der Waals surface area contributed by atoms with Crippen LogP contribution in [-0.2, 0) is 14.5 Å². The Hall–Kier alpha value is 2.26. The van der Waals surface area contributed by atoms with Gasteiger partial charge >= 0.3 is 56.0 Å². The zero-order chi connectivity index (χ0) is 5.15. The molecule has 0 aliphatic heterocycles. The minimum atomic E-state index is -1.56. The first-order valence-electron chi connectivity index (χ1n) is 1.63. The molecule has 0 rings (SSSR count). The fraction of sp³-hybridized carbons (Fsp3) is 1.00. The van der Waals surface area contributed by atoms with E-state index in [4.69, 9.17) is 17.0 Å². The van der Waals surface area contributed by atoms with Gasteiger partial charge in [-0.15, -0.1) is 0 Å². The Bertz CT molecular complexity index is 61.6. The van der Waals surface area contributed by atoms with Crippen LogP contribution in [0.4, 0.5) is 0 Å². The van der Waals surface area contributed by atoms with Gasteiger partial charge in [-0.3, -0.25) is 0 Å². The summed E-state index contributed by atoms with van der Waals surface area (Å²) >= 11 is -2.53. The van der Waals surface area contributed by atoms with Crippen molar-refractivity contribution in [3.63, 3.8) is 0 Å². The van der Waals surface area contributed by atoms with Crippen LogP contribution >= 0.6 is 17.0 Å². The molecule has 0 saturated heterocycles. The molecule has 0 heterocycles. The SMILES string of the molecule is [CH3][Sn]([CH3])=[Zr]([Cl])[Cl]. The van der Waals surface area contributed by atoms with Crippen LogP contribution in [0.5, 0.6) is 0 Å². The van der Waals surface area contributed by atoms with E-state index in [1.165, 1.54) is 0 Å². The van der Waals surface area contributed by atoms with Gasteiger partial charge in [0.1, 0.15) is 0 Å². The average Bonchev–Trinajstić information content (AvgIpc) is 1.36. The summed E-state index contributed by atoms with van der Waals surface area (Å²) in [4.78, 5) is 4.52. The molecular formula is C2H6Cl2SnZr.